The number of halogens is 3. The molecule has 8 heteroatoms. The molecule has 0 saturated heterocycles. The van der Waals surface area contributed by atoms with Crippen molar-refractivity contribution < 1.29 is 13.5 Å². The molecule has 1 aliphatic heterocycles. The Morgan fingerprint density at radius 3 is 2.71 bits per heavy atom. The molecule has 1 aliphatic rings. The predicted octanol–water partition coefficient (Wildman–Crippen LogP) is 5.26. The number of fused-ring (bicyclic) bond motifs is 1. The first-order valence-electron chi connectivity index (χ1n) is 8.77. The van der Waals surface area contributed by atoms with Gasteiger partial charge in [0.05, 0.1) is 0 Å². The number of ether oxygens (including phenoxy) is 1. The van der Waals surface area contributed by atoms with Gasteiger partial charge in [-0.05, 0) is 41.8 Å². The number of alkyl halides is 2. The van der Waals surface area contributed by atoms with Gasteiger partial charge in [0, 0.05) is 15.7 Å². The number of benzene rings is 2. The first-order chi connectivity index (χ1) is 13.5. The summed E-state index contributed by atoms with van der Waals surface area (Å²) in [5.74, 6) is 0.633. The molecule has 0 aliphatic carbocycles. The number of aryl methyl sites for hydroxylation is 1. The Hall–Kier alpha value is -2.74. The molecule has 28 heavy (non-hydrogen) atoms. The molecule has 144 valence electrons. The first-order valence-corrected chi connectivity index (χ1v) is 9.56. The van der Waals surface area contributed by atoms with Crippen LogP contribution in [0.4, 0.5) is 14.7 Å². The highest BCUT2D eigenvalue weighted by atomic mass is 79.9. The summed E-state index contributed by atoms with van der Waals surface area (Å²) in [5, 5.41) is 7.52. The average molecular weight is 447 g/mol. The van der Waals surface area contributed by atoms with Gasteiger partial charge in [-0.2, -0.15) is 18.9 Å². The van der Waals surface area contributed by atoms with Gasteiger partial charge in [0.25, 0.3) is 0 Å². The minimum absolute atomic E-state index is 0.100. The molecule has 2 heterocycles. The second kappa shape index (κ2) is 7.71. The monoisotopic (exact) mass is 446 g/mol. The fourth-order valence-electron chi connectivity index (χ4n) is 3.20. The Labute approximate surface area is 169 Å². The Morgan fingerprint density at radius 2 is 2.00 bits per heavy atom. The lowest BCUT2D eigenvalue weighted by Gasteiger charge is -2.26. The van der Waals surface area contributed by atoms with Crippen molar-refractivity contribution in [2.75, 3.05) is 5.32 Å². The summed E-state index contributed by atoms with van der Waals surface area (Å²) in [7, 11) is 0. The van der Waals surface area contributed by atoms with Crippen molar-refractivity contribution in [3.8, 4) is 5.75 Å². The lowest BCUT2D eigenvalue weighted by molar-refractivity contribution is -0.0506. The SMILES string of the molecule is CCc1ccc(C2=C[C@@H](c3cc(Br)ccc3OC(F)F)n3ncnc3N2)cc1. The third kappa shape index (κ3) is 3.64. The second-order valence-electron chi connectivity index (χ2n) is 6.29. The third-order valence-electron chi connectivity index (χ3n) is 4.59. The number of nitrogens with zero attached hydrogens (tertiary/aromatic N) is 3. The van der Waals surface area contributed by atoms with Gasteiger partial charge in [-0.15, -0.1) is 0 Å². The number of aromatic nitrogens is 3. The Morgan fingerprint density at radius 1 is 1.21 bits per heavy atom. The molecule has 0 fully saturated rings. The zero-order valence-electron chi connectivity index (χ0n) is 14.9. The van der Waals surface area contributed by atoms with Crippen molar-refractivity contribution in [3.63, 3.8) is 0 Å². The van der Waals surface area contributed by atoms with Crippen molar-refractivity contribution in [1.82, 2.24) is 14.8 Å². The van der Waals surface area contributed by atoms with Crippen LogP contribution in [0.25, 0.3) is 5.70 Å². The van der Waals surface area contributed by atoms with Crippen LogP contribution < -0.4 is 10.1 Å². The van der Waals surface area contributed by atoms with E-state index in [1.165, 1.54) is 18.0 Å². The van der Waals surface area contributed by atoms with Crippen LogP contribution in [0.2, 0.25) is 0 Å². The van der Waals surface area contributed by atoms with E-state index >= 15 is 0 Å². The zero-order valence-corrected chi connectivity index (χ0v) is 16.5. The number of anilines is 1. The molecule has 3 aromatic rings. The molecule has 2 aromatic carbocycles. The van der Waals surface area contributed by atoms with E-state index in [0.717, 1.165) is 22.2 Å². The average Bonchev–Trinajstić information content (AvgIpc) is 3.17. The summed E-state index contributed by atoms with van der Waals surface area (Å²) in [6.45, 7) is -0.814. The van der Waals surface area contributed by atoms with E-state index in [1.54, 1.807) is 16.8 Å². The van der Waals surface area contributed by atoms with Gasteiger partial charge in [-0.3, -0.25) is 0 Å². The topological polar surface area (TPSA) is 52.0 Å². The number of hydrogen-bond acceptors (Lipinski definition) is 4. The Bertz CT molecular complexity index is 1020. The largest absolute Gasteiger partial charge is 0.434 e. The highest BCUT2D eigenvalue weighted by Gasteiger charge is 2.27. The Kier molecular flexibility index (Phi) is 5.13. The lowest BCUT2D eigenvalue weighted by atomic mass is 10.00. The van der Waals surface area contributed by atoms with E-state index in [-0.39, 0.29) is 5.75 Å². The maximum absolute atomic E-state index is 12.9. The van der Waals surface area contributed by atoms with E-state index in [2.05, 4.69) is 50.4 Å². The first kappa shape index (κ1) is 18.6. The number of rotatable bonds is 5. The number of hydrogen-bond donors (Lipinski definition) is 1. The highest BCUT2D eigenvalue weighted by Crippen LogP contribution is 2.38. The summed E-state index contributed by atoms with van der Waals surface area (Å²) in [6, 6.07) is 12.7. The van der Waals surface area contributed by atoms with Crippen LogP contribution in [0, 0.1) is 0 Å². The van der Waals surface area contributed by atoms with Crippen molar-refractivity contribution in [2.45, 2.75) is 26.0 Å². The van der Waals surface area contributed by atoms with E-state index in [0.29, 0.717) is 11.5 Å². The fourth-order valence-corrected chi connectivity index (χ4v) is 3.58. The van der Waals surface area contributed by atoms with E-state index in [9.17, 15) is 8.78 Å². The standard InChI is InChI=1S/C20H17BrF2N4O/c1-2-12-3-5-13(6-4-12)16-10-17(27-20(26-16)24-11-25-27)15-9-14(21)7-8-18(15)28-19(22)23/h3-11,17,19H,2H2,1H3,(H,24,25,26)/t17-/m0/s1. The van der Waals surface area contributed by atoms with Crippen molar-refractivity contribution in [2.24, 2.45) is 0 Å². The maximum atomic E-state index is 12.9. The predicted molar refractivity (Wildman–Crippen MR) is 106 cm³/mol. The van der Waals surface area contributed by atoms with Gasteiger partial charge in [0.2, 0.25) is 5.95 Å². The molecule has 5 nitrogen and oxygen atoms in total. The smallest absolute Gasteiger partial charge is 0.387 e. The molecular weight excluding hydrogens is 430 g/mol. The Balaban J connectivity index is 1.81. The van der Waals surface area contributed by atoms with Gasteiger partial charge in [0.1, 0.15) is 18.1 Å². The number of allylic oxidation sites excluding steroid dienone is 1. The molecule has 0 bridgehead atoms. The molecule has 4 rings (SSSR count). The molecule has 0 spiro atoms. The highest BCUT2D eigenvalue weighted by molar-refractivity contribution is 9.10. The summed E-state index contributed by atoms with van der Waals surface area (Å²) < 4.78 is 33.0. The minimum Gasteiger partial charge on any atom is -0.434 e. The maximum Gasteiger partial charge on any atom is 0.387 e. The summed E-state index contributed by atoms with van der Waals surface area (Å²) in [6.07, 6.45) is 4.32. The summed E-state index contributed by atoms with van der Waals surface area (Å²) in [5.41, 5.74) is 3.60. The molecular formula is C20H17BrF2N4O. The van der Waals surface area contributed by atoms with Crippen LogP contribution in [0.3, 0.4) is 0 Å². The molecule has 1 N–H and O–H groups in total. The normalized spacial score (nSPS) is 15.8. The van der Waals surface area contributed by atoms with Crippen LogP contribution in [0.5, 0.6) is 5.75 Å². The van der Waals surface area contributed by atoms with Gasteiger partial charge >= 0.3 is 6.61 Å². The molecule has 1 atom stereocenters. The van der Waals surface area contributed by atoms with Gasteiger partial charge in [0.15, 0.2) is 0 Å². The zero-order chi connectivity index (χ0) is 19.7. The molecule has 0 radical (unpaired) electrons. The van der Waals surface area contributed by atoms with Crippen LogP contribution in [0.15, 0.2) is 59.3 Å². The van der Waals surface area contributed by atoms with Gasteiger partial charge in [-0.25, -0.2) is 4.68 Å². The van der Waals surface area contributed by atoms with E-state index in [4.69, 9.17) is 4.74 Å². The van der Waals surface area contributed by atoms with Gasteiger partial charge < -0.3 is 10.1 Å². The lowest BCUT2D eigenvalue weighted by Crippen LogP contribution is -2.21. The quantitative estimate of drug-likeness (QED) is 0.580. The van der Waals surface area contributed by atoms with Crippen molar-refractivity contribution in [3.05, 3.63) is 76.0 Å². The van der Waals surface area contributed by atoms with Crippen LogP contribution in [-0.2, 0) is 6.42 Å². The second-order valence-corrected chi connectivity index (χ2v) is 7.21. The van der Waals surface area contributed by atoms with Crippen molar-refractivity contribution in [1.29, 1.82) is 0 Å². The molecule has 0 saturated carbocycles. The van der Waals surface area contributed by atoms with Crippen LogP contribution >= 0.6 is 15.9 Å². The van der Waals surface area contributed by atoms with E-state index in [1.807, 2.05) is 18.2 Å². The van der Waals surface area contributed by atoms with Crippen LogP contribution in [0.1, 0.15) is 29.7 Å². The summed E-state index contributed by atoms with van der Waals surface area (Å²) >= 11 is 3.41. The number of nitrogens with one attached hydrogen (secondary N) is 1. The molecule has 0 amide bonds. The third-order valence-corrected chi connectivity index (χ3v) is 5.08. The fraction of sp³-hybridized carbons (Fsp3) is 0.200. The van der Waals surface area contributed by atoms with Crippen molar-refractivity contribution >= 4 is 27.6 Å². The van der Waals surface area contributed by atoms with Gasteiger partial charge in [-0.1, -0.05) is 47.1 Å². The summed E-state index contributed by atoms with van der Waals surface area (Å²) in [4.78, 5) is 4.25. The molecule has 0 unspecified atom stereocenters. The van der Waals surface area contributed by atoms with Crippen LogP contribution in [-0.4, -0.2) is 21.4 Å². The minimum atomic E-state index is -2.91. The van der Waals surface area contributed by atoms with E-state index < -0.39 is 12.7 Å². The molecule has 1 aromatic heterocycles.